The number of anilines is 2. The number of carbonyl (C=O) groups excluding carboxylic acids is 2. The van der Waals surface area contributed by atoms with Crippen LogP contribution in [-0.2, 0) is 16.1 Å². The predicted octanol–water partition coefficient (Wildman–Crippen LogP) is 2.62. The lowest BCUT2D eigenvalue weighted by molar-refractivity contribution is -0.116. The number of nitrogens with zero attached hydrogens (tertiary/aromatic N) is 2. The maximum absolute atomic E-state index is 12.7. The molecule has 0 aliphatic carbocycles. The van der Waals surface area contributed by atoms with Crippen molar-refractivity contribution in [2.45, 2.75) is 19.4 Å². The van der Waals surface area contributed by atoms with Crippen LogP contribution in [0.25, 0.3) is 11.1 Å². The molecule has 150 valence electrons. The van der Waals surface area contributed by atoms with Gasteiger partial charge >= 0.3 is 11.7 Å². The second kappa shape index (κ2) is 7.83. The van der Waals surface area contributed by atoms with E-state index in [1.165, 1.54) is 11.7 Å². The molecule has 29 heavy (non-hydrogen) atoms. The lowest BCUT2D eigenvalue weighted by Gasteiger charge is -2.22. The van der Waals surface area contributed by atoms with Gasteiger partial charge in [0.1, 0.15) is 6.54 Å². The first-order valence-corrected chi connectivity index (χ1v) is 9.42. The van der Waals surface area contributed by atoms with Crippen LogP contribution >= 0.6 is 0 Å². The third-order valence-electron chi connectivity index (χ3n) is 5.01. The lowest BCUT2D eigenvalue weighted by Crippen LogP contribution is -2.26. The van der Waals surface area contributed by atoms with Crippen molar-refractivity contribution in [1.29, 1.82) is 0 Å². The van der Waals surface area contributed by atoms with Crippen molar-refractivity contribution >= 4 is 34.4 Å². The molecule has 0 atom stereocenters. The largest absolute Gasteiger partial charge is 0.465 e. The number of benzene rings is 2. The first kappa shape index (κ1) is 18.8. The number of carbonyl (C=O) groups is 2. The molecule has 2 aromatic carbocycles. The van der Waals surface area contributed by atoms with E-state index in [-0.39, 0.29) is 12.5 Å². The summed E-state index contributed by atoms with van der Waals surface area (Å²) in [4.78, 5) is 39.0. The quantitative estimate of drug-likeness (QED) is 0.668. The van der Waals surface area contributed by atoms with E-state index >= 15 is 0 Å². The Morgan fingerprint density at radius 2 is 1.90 bits per heavy atom. The monoisotopic (exact) mass is 395 g/mol. The Hall–Kier alpha value is -3.55. The summed E-state index contributed by atoms with van der Waals surface area (Å²) >= 11 is 0. The van der Waals surface area contributed by atoms with Gasteiger partial charge in [0, 0.05) is 13.1 Å². The highest BCUT2D eigenvalue weighted by atomic mass is 16.5. The van der Waals surface area contributed by atoms with E-state index in [9.17, 15) is 14.4 Å². The molecule has 1 aliphatic rings. The molecule has 0 saturated carbocycles. The van der Waals surface area contributed by atoms with Crippen LogP contribution < -0.4 is 16.0 Å². The molecule has 8 nitrogen and oxygen atoms in total. The zero-order valence-electron chi connectivity index (χ0n) is 16.0. The number of rotatable bonds is 5. The molecule has 4 rings (SSSR count). The number of amides is 1. The number of aromatic nitrogens is 1. The Balaban J connectivity index is 1.63. The van der Waals surface area contributed by atoms with Crippen molar-refractivity contribution in [3.05, 3.63) is 58.6 Å². The van der Waals surface area contributed by atoms with Crippen LogP contribution in [0.2, 0.25) is 0 Å². The number of oxazole rings is 1. The number of hydrogen-bond donors (Lipinski definition) is 1. The van der Waals surface area contributed by atoms with Crippen LogP contribution in [0.5, 0.6) is 0 Å². The number of hydrogen-bond acceptors (Lipinski definition) is 6. The summed E-state index contributed by atoms with van der Waals surface area (Å²) in [5, 5.41) is 2.85. The van der Waals surface area contributed by atoms with Gasteiger partial charge in [-0.15, -0.1) is 0 Å². The number of esters is 1. The van der Waals surface area contributed by atoms with Crippen LogP contribution in [0.3, 0.4) is 0 Å². The molecular formula is C21H21N3O5. The Kier molecular flexibility index (Phi) is 5.07. The van der Waals surface area contributed by atoms with E-state index in [1.807, 2.05) is 6.07 Å². The first-order valence-electron chi connectivity index (χ1n) is 9.42. The van der Waals surface area contributed by atoms with E-state index in [0.29, 0.717) is 22.4 Å². The molecule has 1 N–H and O–H groups in total. The minimum absolute atomic E-state index is 0.197. The maximum Gasteiger partial charge on any atom is 0.420 e. The summed E-state index contributed by atoms with van der Waals surface area (Å²) < 4.78 is 11.2. The Morgan fingerprint density at radius 1 is 1.14 bits per heavy atom. The van der Waals surface area contributed by atoms with E-state index < -0.39 is 11.7 Å². The molecule has 1 aromatic heterocycles. The number of methoxy groups -OCH3 is 1. The molecule has 1 fully saturated rings. The van der Waals surface area contributed by atoms with Gasteiger partial charge in [0.2, 0.25) is 5.91 Å². The predicted molar refractivity (Wildman–Crippen MR) is 108 cm³/mol. The molecule has 1 aliphatic heterocycles. The average molecular weight is 395 g/mol. The zero-order valence-corrected chi connectivity index (χ0v) is 16.0. The van der Waals surface area contributed by atoms with Gasteiger partial charge < -0.3 is 19.4 Å². The van der Waals surface area contributed by atoms with Gasteiger partial charge in [0.25, 0.3) is 0 Å². The minimum Gasteiger partial charge on any atom is -0.465 e. The molecule has 2 heterocycles. The summed E-state index contributed by atoms with van der Waals surface area (Å²) in [6.07, 6.45) is 2.14. The van der Waals surface area contributed by atoms with Gasteiger partial charge in [-0.25, -0.2) is 9.59 Å². The molecule has 0 spiro atoms. The van der Waals surface area contributed by atoms with Crippen molar-refractivity contribution in [2.75, 3.05) is 30.4 Å². The van der Waals surface area contributed by atoms with Crippen LogP contribution in [0, 0.1) is 0 Å². The maximum atomic E-state index is 12.7. The summed E-state index contributed by atoms with van der Waals surface area (Å²) in [6, 6.07) is 12.0. The molecule has 3 aromatic rings. The summed E-state index contributed by atoms with van der Waals surface area (Å²) in [7, 11) is 1.31. The fourth-order valence-electron chi connectivity index (χ4n) is 3.61. The highest BCUT2D eigenvalue weighted by molar-refractivity contribution is 5.98. The van der Waals surface area contributed by atoms with Crippen molar-refractivity contribution in [1.82, 2.24) is 4.57 Å². The third-order valence-corrected chi connectivity index (χ3v) is 5.01. The summed E-state index contributed by atoms with van der Waals surface area (Å²) in [5.74, 6) is -1.46. The topological polar surface area (TPSA) is 93.8 Å². The second-order valence-corrected chi connectivity index (χ2v) is 6.89. The third kappa shape index (κ3) is 3.73. The van der Waals surface area contributed by atoms with E-state index in [4.69, 9.17) is 9.15 Å². The summed E-state index contributed by atoms with van der Waals surface area (Å²) in [5.41, 5.74) is 2.68. The zero-order chi connectivity index (χ0) is 20.4. The number of para-hydroxylation sites is 2. The van der Waals surface area contributed by atoms with Crippen molar-refractivity contribution in [3.63, 3.8) is 0 Å². The van der Waals surface area contributed by atoms with Gasteiger partial charge in [0.15, 0.2) is 5.58 Å². The fourth-order valence-corrected chi connectivity index (χ4v) is 3.61. The Bertz CT molecular complexity index is 1120. The SMILES string of the molecule is COC(=O)c1ccc(N2CCCC2)c(NC(=O)Cn2c(=O)oc3ccccc32)c1. The van der Waals surface area contributed by atoms with E-state index in [2.05, 4.69) is 10.2 Å². The molecule has 1 saturated heterocycles. The number of nitrogens with one attached hydrogen (secondary N) is 1. The average Bonchev–Trinajstić information content (AvgIpc) is 3.36. The van der Waals surface area contributed by atoms with Crippen LogP contribution in [-0.4, -0.2) is 36.6 Å². The molecule has 8 heteroatoms. The van der Waals surface area contributed by atoms with Crippen LogP contribution in [0.1, 0.15) is 23.2 Å². The molecule has 0 unspecified atom stereocenters. The highest BCUT2D eigenvalue weighted by Gasteiger charge is 2.20. The van der Waals surface area contributed by atoms with Crippen molar-refractivity contribution in [2.24, 2.45) is 0 Å². The lowest BCUT2D eigenvalue weighted by atomic mass is 10.1. The molecule has 1 amide bonds. The van der Waals surface area contributed by atoms with Gasteiger partial charge in [-0.3, -0.25) is 9.36 Å². The Morgan fingerprint density at radius 3 is 2.66 bits per heavy atom. The van der Waals surface area contributed by atoms with E-state index in [1.54, 1.807) is 36.4 Å². The van der Waals surface area contributed by atoms with E-state index in [0.717, 1.165) is 31.6 Å². The van der Waals surface area contributed by atoms with Gasteiger partial charge in [-0.1, -0.05) is 12.1 Å². The van der Waals surface area contributed by atoms with Crippen LogP contribution in [0.4, 0.5) is 11.4 Å². The fraction of sp³-hybridized carbons (Fsp3) is 0.286. The Labute approximate surface area is 166 Å². The van der Waals surface area contributed by atoms with Crippen molar-refractivity contribution < 1.29 is 18.7 Å². The van der Waals surface area contributed by atoms with Crippen molar-refractivity contribution in [3.8, 4) is 0 Å². The highest BCUT2D eigenvalue weighted by Crippen LogP contribution is 2.30. The number of fused-ring (bicyclic) bond motifs is 1. The van der Waals surface area contributed by atoms with Gasteiger partial charge in [-0.05, 0) is 43.2 Å². The smallest absolute Gasteiger partial charge is 0.420 e. The van der Waals surface area contributed by atoms with Gasteiger partial charge in [-0.2, -0.15) is 0 Å². The second-order valence-electron chi connectivity index (χ2n) is 6.89. The molecule has 0 bridgehead atoms. The molecule has 0 radical (unpaired) electrons. The first-order chi connectivity index (χ1) is 14.1. The minimum atomic E-state index is -0.593. The molecular weight excluding hydrogens is 374 g/mol. The number of ether oxygens (including phenoxy) is 1. The summed E-state index contributed by atoms with van der Waals surface area (Å²) in [6.45, 7) is 1.57. The van der Waals surface area contributed by atoms with Gasteiger partial charge in [0.05, 0.1) is 29.6 Å². The standard InChI is InChI=1S/C21H21N3O5/c1-28-20(26)14-8-9-16(23-10-4-5-11-23)15(12-14)22-19(25)13-24-17-6-2-3-7-18(17)29-21(24)27/h2-3,6-9,12H,4-5,10-11,13H2,1H3,(H,22,25). The van der Waals surface area contributed by atoms with Crippen LogP contribution in [0.15, 0.2) is 51.7 Å². The normalized spacial score (nSPS) is 13.6.